The standard InChI is InChI=1S/C19H21N3O3/c1-13-7-8-15(18(20)23)12-22(13)19(24)14-9-10-17(21-11-14)25-16-5-3-2-4-6-16/h2-6,9-11,13,15H,7-8,12H2,1H3,(H2,20,23). The third-order valence-corrected chi connectivity index (χ3v) is 4.49. The quantitative estimate of drug-likeness (QED) is 0.928. The Bertz CT molecular complexity index is 746. The van der Waals surface area contributed by atoms with E-state index in [1.54, 1.807) is 17.0 Å². The van der Waals surface area contributed by atoms with Gasteiger partial charge in [-0.1, -0.05) is 18.2 Å². The molecule has 0 aliphatic carbocycles. The maximum atomic E-state index is 12.7. The van der Waals surface area contributed by atoms with Crippen molar-refractivity contribution >= 4 is 11.8 Å². The lowest BCUT2D eigenvalue weighted by molar-refractivity contribution is -0.123. The molecule has 0 saturated carbocycles. The number of rotatable bonds is 4. The van der Waals surface area contributed by atoms with Crippen LogP contribution in [0.25, 0.3) is 0 Å². The molecule has 1 aromatic carbocycles. The number of benzene rings is 1. The van der Waals surface area contributed by atoms with E-state index < -0.39 is 0 Å². The summed E-state index contributed by atoms with van der Waals surface area (Å²) in [6.45, 7) is 2.34. The van der Waals surface area contributed by atoms with Crippen molar-refractivity contribution in [2.75, 3.05) is 6.54 Å². The first-order valence-corrected chi connectivity index (χ1v) is 8.34. The van der Waals surface area contributed by atoms with Crippen LogP contribution in [0.3, 0.4) is 0 Å². The Hall–Kier alpha value is -2.89. The van der Waals surface area contributed by atoms with E-state index in [0.29, 0.717) is 23.7 Å². The molecule has 130 valence electrons. The summed E-state index contributed by atoms with van der Waals surface area (Å²) in [7, 11) is 0. The van der Waals surface area contributed by atoms with Crippen molar-refractivity contribution in [1.29, 1.82) is 0 Å². The summed E-state index contributed by atoms with van der Waals surface area (Å²) in [5.41, 5.74) is 5.87. The molecule has 25 heavy (non-hydrogen) atoms. The van der Waals surface area contributed by atoms with Gasteiger partial charge in [-0.3, -0.25) is 9.59 Å². The van der Waals surface area contributed by atoms with Crippen molar-refractivity contribution in [2.24, 2.45) is 11.7 Å². The van der Waals surface area contributed by atoms with Gasteiger partial charge in [-0.15, -0.1) is 0 Å². The van der Waals surface area contributed by atoms with E-state index in [-0.39, 0.29) is 23.8 Å². The van der Waals surface area contributed by atoms with Crippen LogP contribution in [0.4, 0.5) is 0 Å². The van der Waals surface area contributed by atoms with Gasteiger partial charge in [0.2, 0.25) is 11.8 Å². The Balaban J connectivity index is 1.70. The minimum atomic E-state index is -0.352. The number of hydrogen-bond acceptors (Lipinski definition) is 4. The number of amides is 2. The lowest BCUT2D eigenvalue weighted by Gasteiger charge is -2.36. The molecule has 2 aromatic rings. The van der Waals surface area contributed by atoms with Crippen LogP contribution in [0.15, 0.2) is 48.7 Å². The number of nitrogens with zero attached hydrogens (tertiary/aromatic N) is 2. The molecule has 1 saturated heterocycles. The van der Waals surface area contributed by atoms with Gasteiger partial charge < -0.3 is 15.4 Å². The number of hydrogen-bond donors (Lipinski definition) is 1. The van der Waals surface area contributed by atoms with Crippen LogP contribution in [0.1, 0.15) is 30.1 Å². The Morgan fingerprint density at radius 2 is 1.92 bits per heavy atom. The summed E-state index contributed by atoms with van der Waals surface area (Å²) in [6, 6.07) is 12.7. The van der Waals surface area contributed by atoms with E-state index in [9.17, 15) is 9.59 Å². The van der Waals surface area contributed by atoms with E-state index >= 15 is 0 Å². The minimum absolute atomic E-state index is 0.0725. The molecule has 2 atom stereocenters. The highest BCUT2D eigenvalue weighted by atomic mass is 16.5. The molecule has 2 unspecified atom stereocenters. The SMILES string of the molecule is CC1CCC(C(N)=O)CN1C(=O)c1ccc(Oc2ccccc2)nc1. The molecule has 1 aliphatic rings. The van der Waals surface area contributed by atoms with Crippen molar-refractivity contribution in [3.8, 4) is 11.6 Å². The summed E-state index contributed by atoms with van der Waals surface area (Å²) in [4.78, 5) is 30.1. The number of pyridine rings is 1. The first kappa shape index (κ1) is 17.0. The fraction of sp³-hybridized carbons (Fsp3) is 0.316. The van der Waals surface area contributed by atoms with E-state index in [1.165, 1.54) is 6.20 Å². The van der Waals surface area contributed by atoms with Gasteiger partial charge in [-0.2, -0.15) is 0 Å². The Morgan fingerprint density at radius 3 is 2.56 bits per heavy atom. The number of primary amides is 1. The zero-order valence-corrected chi connectivity index (χ0v) is 14.1. The lowest BCUT2D eigenvalue weighted by Crippen LogP contribution is -2.48. The fourth-order valence-corrected chi connectivity index (χ4v) is 2.96. The van der Waals surface area contributed by atoms with E-state index in [4.69, 9.17) is 10.5 Å². The zero-order valence-electron chi connectivity index (χ0n) is 14.1. The Kier molecular flexibility index (Phi) is 4.97. The van der Waals surface area contributed by atoms with Crippen molar-refractivity contribution in [2.45, 2.75) is 25.8 Å². The highest BCUT2D eigenvalue weighted by Gasteiger charge is 2.32. The van der Waals surface area contributed by atoms with Crippen LogP contribution in [-0.2, 0) is 4.79 Å². The van der Waals surface area contributed by atoms with Crippen LogP contribution >= 0.6 is 0 Å². The first-order chi connectivity index (χ1) is 12.0. The lowest BCUT2D eigenvalue weighted by atomic mass is 9.92. The summed E-state index contributed by atoms with van der Waals surface area (Å²) in [6.07, 6.45) is 2.99. The van der Waals surface area contributed by atoms with Gasteiger partial charge in [-0.25, -0.2) is 4.98 Å². The van der Waals surface area contributed by atoms with Crippen molar-refractivity contribution in [1.82, 2.24) is 9.88 Å². The normalized spacial score (nSPS) is 20.1. The number of carbonyl (C=O) groups excluding carboxylic acids is 2. The van der Waals surface area contributed by atoms with E-state index in [1.807, 2.05) is 37.3 Å². The molecule has 0 spiro atoms. The molecule has 1 aliphatic heterocycles. The first-order valence-electron chi connectivity index (χ1n) is 8.34. The fourth-order valence-electron chi connectivity index (χ4n) is 2.96. The molecule has 2 heterocycles. The molecule has 1 aromatic heterocycles. The molecule has 0 radical (unpaired) electrons. The number of aromatic nitrogens is 1. The third kappa shape index (κ3) is 3.96. The van der Waals surface area contributed by atoms with E-state index in [0.717, 1.165) is 12.8 Å². The van der Waals surface area contributed by atoms with Crippen molar-refractivity contribution in [3.63, 3.8) is 0 Å². The molecule has 0 bridgehead atoms. The number of piperidine rings is 1. The minimum Gasteiger partial charge on any atom is -0.439 e. The molecule has 2 amide bonds. The van der Waals surface area contributed by atoms with Gasteiger partial charge in [-0.05, 0) is 38.0 Å². The predicted molar refractivity (Wildman–Crippen MR) is 93.2 cm³/mol. The van der Waals surface area contributed by atoms with Gasteiger partial charge in [0.25, 0.3) is 5.91 Å². The van der Waals surface area contributed by atoms with E-state index in [2.05, 4.69) is 4.98 Å². The second-order valence-corrected chi connectivity index (χ2v) is 6.28. The number of carbonyl (C=O) groups is 2. The molecular formula is C19H21N3O3. The van der Waals surface area contributed by atoms with Gasteiger partial charge in [0, 0.05) is 24.8 Å². The van der Waals surface area contributed by atoms with Crippen LogP contribution < -0.4 is 10.5 Å². The van der Waals surface area contributed by atoms with Crippen LogP contribution in [0, 0.1) is 5.92 Å². The van der Waals surface area contributed by atoms with Crippen molar-refractivity contribution in [3.05, 3.63) is 54.2 Å². The maximum absolute atomic E-state index is 12.7. The number of ether oxygens (including phenoxy) is 1. The van der Waals surface area contributed by atoms with Crippen LogP contribution in [0.2, 0.25) is 0 Å². The average Bonchev–Trinajstić information content (AvgIpc) is 2.63. The van der Waals surface area contributed by atoms with Crippen LogP contribution in [0.5, 0.6) is 11.6 Å². The Labute approximate surface area is 146 Å². The molecule has 1 fully saturated rings. The molecule has 3 rings (SSSR count). The van der Waals surface area contributed by atoms with Crippen LogP contribution in [-0.4, -0.2) is 34.3 Å². The number of nitrogens with two attached hydrogens (primary N) is 1. The molecule has 6 nitrogen and oxygen atoms in total. The molecule has 2 N–H and O–H groups in total. The Morgan fingerprint density at radius 1 is 1.16 bits per heavy atom. The highest BCUT2D eigenvalue weighted by molar-refractivity contribution is 5.94. The van der Waals surface area contributed by atoms with Gasteiger partial charge in [0.05, 0.1) is 11.5 Å². The number of likely N-dealkylation sites (tertiary alicyclic amines) is 1. The molecular weight excluding hydrogens is 318 g/mol. The smallest absolute Gasteiger partial charge is 0.255 e. The zero-order chi connectivity index (χ0) is 17.8. The summed E-state index contributed by atoms with van der Waals surface area (Å²) < 4.78 is 5.63. The summed E-state index contributed by atoms with van der Waals surface area (Å²) in [5.74, 6) is 0.327. The topological polar surface area (TPSA) is 85.5 Å². The van der Waals surface area contributed by atoms with Gasteiger partial charge >= 0.3 is 0 Å². The predicted octanol–water partition coefficient (Wildman–Crippen LogP) is 2.60. The maximum Gasteiger partial charge on any atom is 0.255 e. The highest BCUT2D eigenvalue weighted by Crippen LogP contribution is 2.24. The average molecular weight is 339 g/mol. The summed E-state index contributed by atoms with van der Waals surface area (Å²) >= 11 is 0. The second-order valence-electron chi connectivity index (χ2n) is 6.28. The second kappa shape index (κ2) is 7.34. The third-order valence-electron chi connectivity index (χ3n) is 4.49. The van der Waals surface area contributed by atoms with Crippen molar-refractivity contribution < 1.29 is 14.3 Å². The summed E-state index contributed by atoms with van der Waals surface area (Å²) in [5, 5.41) is 0. The molecule has 6 heteroatoms. The van der Waals surface area contributed by atoms with Gasteiger partial charge in [0.1, 0.15) is 5.75 Å². The monoisotopic (exact) mass is 339 g/mol. The largest absolute Gasteiger partial charge is 0.439 e. The van der Waals surface area contributed by atoms with Gasteiger partial charge in [0.15, 0.2) is 0 Å². The number of para-hydroxylation sites is 1.